The zero-order valence-electron chi connectivity index (χ0n) is 20.2. The highest BCUT2D eigenvalue weighted by Crippen LogP contribution is 2.38. The van der Waals surface area contributed by atoms with Crippen molar-refractivity contribution in [2.24, 2.45) is 0 Å². The van der Waals surface area contributed by atoms with Gasteiger partial charge in [0.15, 0.2) is 5.82 Å². The summed E-state index contributed by atoms with van der Waals surface area (Å²) < 4.78 is 94.6. The topological polar surface area (TPSA) is 110 Å². The second-order valence-corrected chi connectivity index (χ2v) is 9.12. The number of halogens is 7. The van der Waals surface area contributed by atoms with Gasteiger partial charge in [0.2, 0.25) is 0 Å². The number of anilines is 1. The summed E-state index contributed by atoms with van der Waals surface area (Å²) in [4.78, 5) is 37.5. The molecule has 40 heavy (non-hydrogen) atoms. The summed E-state index contributed by atoms with van der Waals surface area (Å²) in [5, 5.41) is 5.22. The lowest BCUT2D eigenvalue weighted by Crippen LogP contribution is -2.49. The molecule has 9 nitrogen and oxygen atoms in total. The molecule has 0 aliphatic carbocycles. The molecule has 0 saturated carbocycles. The summed E-state index contributed by atoms with van der Waals surface area (Å²) in [6, 6.07) is 1.76. The van der Waals surface area contributed by atoms with Crippen molar-refractivity contribution in [1.29, 1.82) is 0 Å². The van der Waals surface area contributed by atoms with E-state index in [-0.39, 0.29) is 40.6 Å². The van der Waals surface area contributed by atoms with Crippen molar-refractivity contribution in [3.8, 4) is 11.4 Å². The summed E-state index contributed by atoms with van der Waals surface area (Å²) in [6.07, 6.45) is -4.94. The lowest BCUT2D eigenvalue weighted by Gasteiger charge is -2.43. The molecule has 1 N–H and O–H groups in total. The van der Waals surface area contributed by atoms with Crippen LogP contribution in [-0.2, 0) is 18.9 Å². The van der Waals surface area contributed by atoms with E-state index in [0.717, 1.165) is 12.3 Å². The number of aryl methyl sites for hydroxylation is 1. The monoisotopic (exact) mass is 569 g/mol. The molecule has 1 aliphatic heterocycles. The van der Waals surface area contributed by atoms with E-state index >= 15 is 0 Å². The molecule has 16 heteroatoms. The Kier molecular flexibility index (Phi) is 6.79. The summed E-state index contributed by atoms with van der Waals surface area (Å²) in [5.41, 5.74) is -4.78. The van der Waals surface area contributed by atoms with Gasteiger partial charge in [-0.25, -0.2) is 24.4 Å². The van der Waals surface area contributed by atoms with Crippen LogP contribution >= 0.6 is 0 Å². The van der Waals surface area contributed by atoms with Crippen molar-refractivity contribution in [2.45, 2.75) is 44.2 Å². The Morgan fingerprint density at radius 2 is 1.70 bits per heavy atom. The number of nitrogens with zero attached hydrogens (tertiary/aromatic N) is 6. The number of H-pyrrole nitrogens is 1. The minimum absolute atomic E-state index is 0.0767. The van der Waals surface area contributed by atoms with Gasteiger partial charge in [0, 0.05) is 31.5 Å². The van der Waals surface area contributed by atoms with Gasteiger partial charge in [-0.15, -0.1) is 0 Å². The van der Waals surface area contributed by atoms with Crippen LogP contribution in [0, 0.1) is 5.82 Å². The first-order valence-corrected chi connectivity index (χ1v) is 11.8. The maximum atomic E-state index is 14.8. The van der Waals surface area contributed by atoms with Gasteiger partial charge in [0.05, 0.1) is 40.2 Å². The highest BCUT2D eigenvalue weighted by molar-refractivity contribution is 5.82. The fraction of sp³-hybridized carbons (Fsp3) is 0.333. The largest absolute Gasteiger partial charge is 0.423 e. The third kappa shape index (κ3) is 5.12. The Morgan fingerprint density at radius 1 is 0.975 bits per heavy atom. The molecule has 0 unspecified atom stereocenters. The van der Waals surface area contributed by atoms with Crippen LogP contribution < -0.4 is 16.0 Å². The molecular weight excluding hydrogens is 551 g/mol. The summed E-state index contributed by atoms with van der Waals surface area (Å²) >= 11 is 0. The van der Waals surface area contributed by atoms with Gasteiger partial charge in [0.25, 0.3) is 11.1 Å². The number of rotatable bonds is 6. The van der Waals surface area contributed by atoms with Gasteiger partial charge in [-0.2, -0.15) is 31.4 Å². The molecule has 1 saturated heterocycles. The van der Waals surface area contributed by atoms with Gasteiger partial charge < -0.3 is 4.90 Å². The highest BCUT2D eigenvalue weighted by Gasteiger charge is 2.41. The highest BCUT2D eigenvalue weighted by atomic mass is 19.4. The lowest BCUT2D eigenvalue weighted by molar-refractivity contribution is -0.139. The fourth-order valence-corrected chi connectivity index (χ4v) is 4.56. The molecule has 3 aromatic heterocycles. The number of benzene rings is 1. The molecule has 0 amide bonds. The van der Waals surface area contributed by atoms with Gasteiger partial charge >= 0.3 is 12.4 Å². The van der Waals surface area contributed by atoms with Crippen molar-refractivity contribution in [2.75, 3.05) is 11.4 Å². The Balaban J connectivity index is 1.31. The SMILES string of the molecule is O=c1[nH]ncc(N2CC[C@@H]2CCCn2cnc3cc(-c4ncc(C(F)(F)F)cn4)c(F)cc3c2=O)c1C(F)(F)F. The molecule has 0 radical (unpaired) electrons. The Morgan fingerprint density at radius 3 is 2.33 bits per heavy atom. The molecule has 1 aromatic carbocycles. The quantitative estimate of drug-likeness (QED) is 0.347. The molecule has 210 valence electrons. The first kappa shape index (κ1) is 27.2. The van der Waals surface area contributed by atoms with Crippen LogP contribution in [0.1, 0.15) is 30.4 Å². The van der Waals surface area contributed by atoms with E-state index in [2.05, 4.69) is 20.1 Å². The van der Waals surface area contributed by atoms with Crippen LogP contribution in [0.4, 0.5) is 36.4 Å². The molecule has 1 atom stereocenters. The van der Waals surface area contributed by atoms with Gasteiger partial charge in [-0.3, -0.25) is 14.2 Å². The summed E-state index contributed by atoms with van der Waals surface area (Å²) in [7, 11) is 0. The third-order valence-electron chi connectivity index (χ3n) is 6.64. The zero-order chi connectivity index (χ0) is 28.8. The molecule has 4 aromatic rings. The van der Waals surface area contributed by atoms with Crippen LogP contribution in [0.5, 0.6) is 0 Å². The van der Waals surface area contributed by atoms with E-state index < -0.39 is 40.4 Å². The fourth-order valence-electron chi connectivity index (χ4n) is 4.56. The summed E-state index contributed by atoms with van der Waals surface area (Å²) in [6.45, 7) is 0.442. The van der Waals surface area contributed by atoms with Gasteiger partial charge in [-0.05, 0) is 31.4 Å². The van der Waals surface area contributed by atoms with E-state index in [4.69, 9.17) is 0 Å². The van der Waals surface area contributed by atoms with Crippen LogP contribution in [0.2, 0.25) is 0 Å². The Bertz CT molecular complexity index is 1680. The van der Waals surface area contributed by atoms with Gasteiger partial charge in [-0.1, -0.05) is 0 Å². The van der Waals surface area contributed by atoms with E-state index in [9.17, 15) is 40.3 Å². The Labute approximate surface area is 219 Å². The van der Waals surface area contributed by atoms with Crippen LogP contribution in [-0.4, -0.2) is 42.3 Å². The lowest BCUT2D eigenvalue weighted by atomic mass is 9.96. The molecular formula is C24H18F7N7O2. The number of nitrogens with one attached hydrogen (secondary N) is 1. The molecule has 0 spiro atoms. The van der Waals surface area contributed by atoms with Crippen molar-refractivity contribution < 1.29 is 30.7 Å². The van der Waals surface area contributed by atoms with Crippen molar-refractivity contribution in [3.63, 3.8) is 0 Å². The molecule has 1 fully saturated rings. The van der Waals surface area contributed by atoms with E-state index in [1.165, 1.54) is 21.9 Å². The number of alkyl halides is 6. The maximum Gasteiger partial charge on any atom is 0.423 e. The smallest absolute Gasteiger partial charge is 0.366 e. The molecule has 0 bridgehead atoms. The average molecular weight is 569 g/mol. The van der Waals surface area contributed by atoms with E-state index in [0.29, 0.717) is 38.2 Å². The number of aromatic nitrogens is 6. The number of aromatic amines is 1. The normalized spacial score (nSPS) is 15.9. The van der Waals surface area contributed by atoms with E-state index in [1.54, 1.807) is 5.10 Å². The third-order valence-corrected chi connectivity index (χ3v) is 6.64. The zero-order valence-corrected chi connectivity index (χ0v) is 20.2. The second kappa shape index (κ2) is 9.98. The molecule has 5 rings (SSSR count). The van der Waals surface area contributed by atoms with E-state index in [1.807, 2.05) is 0 Å². The van der Waals surface area contributed by atoms with Gasteiger partial charge in [0.1, 0.15) is 11.4 Å². The van der Waals surface area contributed by atoms with Crippen molar-refractivity contribution in [3.05, 3.63) is 74.7 Å². The van der Waals surface area contributed by atoms with Crippen molar-refractivity contribution >= 4 is 16.6 Å². The van der Waals surface area contributed by atoms with Crippen LogP contribution in [0.15, 0.2) is 46.6 Å². The second-order valence-electron chi connectivity index (χ2n) is 9.12. The van der Waals surface area contributed by atoms with Crippen molar-refractivity contribution in [1.82, 2.24) is 29.7 Å². The van der Waals surface area contributed by atoms with Crippen LogP contribution in [0.25, 0.3) is 22.3 Å². The summed E-state index contributed by atoms with van der Waals surface area (Å²) in [5.74, 6) is -1.24. The first-order valence-electron chi connectivity index (χ1n) is 11.8. The minimum Gasteiger partial charge on any atom is -0.366 e. The predicted octanol–water partition coefficient (Wildman–Crippen LogP) is 4.17. The van der Waals surface area contributed by atoms with Crippen LogP contribution in [0.3, 0.4) is 0 Å². The Hall–Kier alpha value is -4.37. The number of hydrogen-bond donors (Lipinski definition) is 1. The maximum absolute atomic E-state index is 14.8. The first-order chi connectivity index (χ1) is 18.8. The number of hydrogen-bond acceptors (Lipinski definition) is 7. The minimum atomic E-state index is -4.86. The molecule has 1 aliphatic rings. The molecule has 4 heterocycles. The standard InChI is InChI=1S/C24H18F7N7O2/c25-16-6-15-17(7-14(16)20-32-8-12(9-33-20)23(26,27)28)34-11-37(22(15)40)4-1-2-13-3-5-38(13)18-10-35-36-21(39)19(18)24(29,30)31/h6-11,13H,1-5H2,(H,36,39)/t13-/m0/s1. The average Bonchev–Trinajstić information content (AvgIpc) is 2.86. The predicted molar refractivity (Wildman–Crippen MR) is 127 cm³/mol. The number of fused-ring (bicyclic) bond motifs is 1.